The molecule has 0 saturated heterocycles. The van der Waals surface area contributed by atoms with Crippen molar-refractivity contribution in [2.24, 2.45) is 0 Å². The molecule has 0 saturated carbocycles. The Labute approximate surface area is 164 Å². The van der Waals surface area contributed by atoms with Crippen molar-refractivity contribution >= 4 is 28.5 Å². The molecule has 3 rings (SSSR count). The molecule has 6 nitrogen and oxygen atoms in total. The number of aryl methyl sites for hydroxylation is 2. The summed E-state index contributed by atoms with van der Waals surface area (Å²) in [6.45, 7) is 3.88. The first-order valence-electron chi connectivity index (χ1n) is 8.64. The number of carbonyl (C=O) groups is 2. The van der Waals surface area contributed by atoms with Crippen LogP contribution in [0.1, 0.15) is 27.3 Å². The lowest BCUT2D eigenvalue weighted by atomic mass is 10.1. The Bertz CT molecular complexity index is 1080. The highest BCUT2D eigenvalue weighted by Crippen LogP contribution is 2.19. The summed E-state index contributed by atoms with van der Waals surface area (Å²) in [5, 5.41) is 4.50. The number of rotatable bonds is 4. The zero-order chi connectivity index (χ0) is 21.2. The van der Waals surface area contributed by atoms with E-state index < -0.39 is 12.1 Å². The minimum absolute atomic E-state index is 0.0150. The minimum atomic E-state index is -4.95. The molecule has 0 aliphatic carbocycles. The van der Waals surface area contributed by atoms with Crippen LogP contribution in [0.4, 0.5) is 18.9 Å². The predicted octanol–water partition coefficient (Wildman–Crippen LogP) is 3.68. The fourth-order valence-corrected chi connectivity index (χ4v) is 2.56. The second-order valence-corrected chi connectivity index (χ2v) is 6.43. The molecule has 0 spiro atoms. The lowest BCUT2D eigenvalue weighted by Gasteiger charge is -2.10. The zero-order valence-electron chi connectivity index (χ0n) is 15.6. The van der Waals surface area contributed by atoms with E-state index in [-0.39, 0.29) is 18.1 Å². The Balaban J connectivity index is 1.64. The van der Waals surface area contributed by atoms with E-state index in [1.165, 1.54) is 24.3 Å². The van der Waals surface area contributed by atoms with Crippen LogP contribution in [0.3, 0.4) is 0 Å². The van der Waals surface area contributed by atoms with Gasteiger partial charge in [0.15, 0.2) is 0 Å². The van der Waals surface area contributed by atoms with Crippen LogP contribution in [-0.2, 0) is 11.3 Å². The second kappa shape index (κ2) is 7.86. The third kappa shape index (κ3) is 4.87. The number of fused-ring (bicyclic) bond motifs is 1. The molecule has 0 unspecified atom stereocenters. The van der Waals surface area contributed by atoms with E-state index in [4.69, 9.17) is 0 Å². The van der Waals surface area contributed by atoms with E-state index in [9.17, 15) is 22.8 Å². The van der Waals surface area contributed by atoms with Gasteiger partial charge >= 0.3 is 12.1 Å². The average molecular weight is 402 g/mol. The van der Waals surface area contributed by atoms with Crippen molar-refractivity contribution < 1.29 is 22.8 Å². The van der Waals surface area contributed by atoms with E-state index in [1.807, 2.05) is 13.8 Å². The molecule has 2 amide bonds. The minimum Gasteiger partial charge on any atom is -0.348 e. The molecule has 0 fully saturated rings. The molecule has 0 atom stereocenters. The molecule has 0 radical (unpaired) electrons. The van der Waals surface area contributed by atoms with Gasteiger partial charge in [0.25, 0.3) is 5.91 Å². The summed E-state index contributed by atoms with van der Waals surface area (Å²) < 4.78 is 36.8. The maximum Gasteiger partial charge on any atom is 0.471 e. The number of carbonyl (C=O) groups excluding carboxylic acids is 2. The first kappa shape index (κ1) is 20.2. The number of benzene rings is 2. The molecule has 1 heterocycles. The van der Waals surface area contributed by atoms with Gasteiger partial charge in [-0.1, -0.05) is 12.1 Å². The average Bonchev–Trinajstić information content (AvgIpc) is 2.67. The lowest BCUT2D eigenvalue weighted by molar-refractivity contribution is -0.167. The summed E-state index contributed by atoms with van der Waals surface area (Å²) in [4.78, 5) is 32.2. The van der Waals surface area contributed by atoms with E-state index >= 15 is 0 Å². The number of amides is 2. The predicted molar refractivity (Wildman–Crippen MR) is 101 cm³/mol. The van der Waals surface area contributed by atoms with Gasteiger partial charge in [-0.05, 0) is 49.7 Å². The molecule has 0 aliphatic rings. The van der Waals surface area contributed by atoms with Gasteiger partial charge in [-0.25, -0.2) is 9.97 Å². The normalized spacial score (nSPS) is 11.3. The molecule has 1 aromatic heterocycles. The highest BCUT2D eigenvalue weighted by molar-refractivity contribution is 5.97. The monoisotopic (exact) mass is 402 g/mol. The van der Waals surface area contributed by atoms with Crippen LogP contribution in [-0.4, -0.2) is 28.0 Å². The van der Waals surface area contributed by atoms with Crippen LogP contribution >= 0.6 is 0 Å². The van der Waals surface area contributed by atoms with Crippen LogP contribution in [0, 0.1) is 13.8 Å². The number of hydrogen-bond donors (Lipinski definition) is 2. The van der Waals surface area contributed by atoms with Crippen molar-refractivity contribution in [3.05, 3.63) is 65.0 Å². The quantitative estimate of drug-likeness (QED) is 0.697. The van der Waals surface area contributed by atoms with Crippen LogP contribution in [0.25, 0.3) is 11.0 Å². The third-order valence-corrected chi connectivity index (χ3v) is 4.26. The number of anilines is 1. The van der Waals surface area contributed by atoms with E-state index in [0.717, 1.165) is 11.4 Å². The number of halogens is 3. The van der Waals surface area contributed by atoms with Crippen LogP contribution in [0.2, 0.25) is 0 Å². The van der Waals surface area contributed by atoms with Gasteiger partial charge in [-0.2, -0.15) is 13.2 Å². The van der Waals surface area contributed by atoms with Crippen molar-refractivity contribution in [1.29, 1.82) is 0 Å². The maximum atomic E-state index is 12.4. The van der Waals surface area contributed by atoms with Gasteiger partial charge in [0, 0.05) is 17.8 Å². The van der Waals surface area contributed by atoms with Crippen molar-refractivity contribution in [1.82, 2.24) is 15.3 Å². The number of nitrogens with zero attached hydrogens (tertiary/aromatic N) is 2. The van der Waals surface area contributed by atoms with Crippen molar-refractivity contribution in [3.8, 4) is 0 Å². The summed E-state index contributed by atoms with van der Waals surface area (Å²) in [5.41, 5.74) is 4.02. The van der Waals surface area contributed by atoms with Crippen LogP contribution in [0.15, 0.2) is 42.5 Å². The molecule has 3 aromatic rings. The molecular weight excluding hydrogens is 385 g/mol. The van der Waals surface area contributed by atoms with E-state index in [2.05, 4.69) is 15.3 Å². The molecule has 2 N–H and O–H groups in total. The van der Waals surface area contributed by atoms with Crippen LogP contribution < -0.4 is 10.6 Å². The van der Waals surface area contributed by atoms with Gasteiger partial charge in [0.05, 0.1) is 22.4 Å². The Morgan fingerprint density at radius 2 is 1.55 bits per heavy atom. The molecule has 9 heteroatoms. The maximum absolute atomic E-state index is 12.4. The van der Waals surface area contributed by atoms with Gasteiger partial charge in [-0.3, -0.25) is 9.59 Å². The topological polar surface area (TPSA) is 84.0 Å². The zero-order valence-corrected chi connectivity index (χ0v) is 15.6. The lowest BCUT2D eigenvalue weighted by Crippen LogP contribution is -2.29. The number of nitrogens with one attached hydrogen (secondary N) is 2. The fraction of sp³-hybridized carbons (Fsp3) is 0.200. The Morgan fingerprint density at radius 1 is 0.931 bits per heavy atom. The second-order valence-electron chi connectivity index (χ2n) is 6.43. The number of hydrogen-bond acceptors (Lipinski definition) is 4. The summed E-state index contributed by atoms with van der Waals surface area (Å²) in [6, 6.07) is 10.7. The highest BCUT2D eigenvalue weighted by atomic mass is 19.4. The Morgan fingerprint density at radius 3 is 2.17 bits per heavy atom. The van der Waals surface area contributed by atoms with Gasteiger partial charge in [0.1, 0.15) is 0 Å². The van der Waals surface area contributed by atoms with E-state index in [0.29, 0.717) is 22.2 Å². The first-order chi connectivity index (χ1) is 13.6. The standard InChI is InChI=1S/C20H17F3N4O2/c1-11-12(2)26-17-9-14(5-8-16(17)25-11)18(28)24-10-13-3-6-15(7-4-13)27-19(29)20(21,22)23/h3-9H,10H2,1-2H3,(H,24,28)(H,27,29). The Hall–Kier alpha value is -3.49. The van der Waals surface area contributed by atoms with Gasteiger partial charge in [-0.15, -0.1) is 0 Å². The number of aromatic nitrogens is 2. The SMILES string of the molecule is Cc1nc2ccc(C(=O)NCc3ccc(NC(=O)C(F)(F)F)cc3)cc2nc1C. The van der Waals surface area contributed by atoms with Gasteiger partial charge < -0.3 is 10.6 Å². The molecular formula is C20H17F3N4O2. The summed E-state index contributed by atoms with van der Waals surface area (Å²) >= 11 is 0. The van der Waals surface area contributed by atoms with E-state index in [1.54, 1.807) is 23.5 Å². The molecule has 0 aliphatic heterocycles. The third-order valence-electron chi connectivity index (χ3n) is 4.26. The largest absolute Gasteiger partial charge is 0.471 e. The van der Waals surface area contributed by atoms with Crippen LogP contribution in [0.5, 0.6) is 0 Å². The summed E-state index contributed by atoms with van der Waals surface area (Å²) in [5.74, 6) is -2.36. The fourth-order valence-electron chi connectivity index (χ4n) is 2.56. The molecule has 150 valence electrons. The molecule has 2 aromatic carbocycles. The summed E-state index contributed by atoms with van der Waals surface area (Å²) in [6.07, 6.45) is -4.95. The smallest absolute Gasteiger partial charge is 0.348 e. The van der Waals surface area contributed by atoms with Crippen molar-refractivity contribution in [2.45, 2.75) is 26.6 Å². The first-order valence-corrected chi connectivity index (χ1v) is 8.64. The Kier molecular flexibility index (Phi) is 5.49. The molecule has 29 heavy (non-hydrogen) atoms. The highest BCUT2D eigenvalue weighted by Gasteiger charge is 2.38. The van der Waals surface area contributed by atoms with Gasteiger partial charge in [0.2, 0.25) is 0 Å². The number of alkyl halides is 3. The van der Waals surface area contributed by atoms with Crippen molar-refractivity contribution in [3.63, 3.8) is 0 Å². The molecule has 0 bridgehead atoms. The van der Waals surface area contributed by atoms with Crippen molar-refractivity contribution in [2.75, 3.05) is 5.32 Å². The summed E-state index contributed by atoms with van der Waals surface area (Å²) in [7, 11) is 0.